The van der Waals surface area contributed by atoms with Gasteiger partial charge < -0.3 is 20.4 Å². The number of hydrogen-bond acceptors (Lipinski definition) is 4. The van der Waals surface area contributed by atoms with Gasteiger partial charge in [-0.3, -0.25) is 4.99 Å². The Morgan fingerprint density at radius 3 is 2.82 bits per heavy atom. The predicted molar refractivity (Wildman–Crippen MR) is 109 cm³/mol. The van der Waals surface area contributed by atoms with E-state index < -0.39 is 11.6 Å². The lowest BCUT2D eigenvalue weighted by atomic mass is 10.2. The van der Waals surface area contributed by atoms with Crippen LogP contribution in [0.2, 0.25) is 0 Å². The highest BCUT2D eigenvalue weighted by molar-refractivity contribution is 5.80. The minimum atomic E-state index is -0.563. The third-order valence-electron chi connectivity index (χ3n) is 4.69. The maximum atomic E-state index is 14.0. The number of anilines is 2. The summed E-state index contributed by atoms with van der Waals surface area (Å²) in [5.74, 6) is 0.472. The zero-order valence-electron chi connectivity index (χ0n) is 16.4. The summed E-state index contributed by atoms with van der Waals surface area (Å²) in [6.45, 7) is 1.87. The standard InChI is InChI=1S/C20H26F2N6/c1-23-20(24-12-15-5-4-6-19(25-15)27(2)3)26-16-9-10-28(13-16)18-8-7-14(21)11-17(18)22/h4-8,11,16H,9-10,12-13H2,1-3H3,(H2,23,24,26). The third-order valence-corrected chi connectivity index (χ3v) is 4.69. The number of hydrogen-bond donors (Lipinski definition) is 2. The summed E-state index contributed by atoms with van der Waals surface area (Å²) in [6.07, 6.45) is 0.839. The van der Waals surface area contributed by atoms with Gasteiger partial charge in [-0.1, -0.05) is 6.07 Å². The van der Waals surface area contributed by atoms with E-state index in [1.54, 1.807) is 7.05 Å². The highest BCUT2D eigenvalue weighted by Crippen LogP contribution is 2.24. The van der Waals surface area contributed by atoms with Crippen LogP contribution in [-0.2, 0) is 6.54 Å². The maximum absolute atomic E-state index is 14.0. The van der Waals surface area contributed by atoms with Crippen LogP contribution >= 0.6 is 0 Å². The van der Waals surface area contributed by atoms with Gasteiger partial charge in [-0.2, -0.15) is 0 Å². The van der Waals surface area contributed by atoms with Crippen LogP contribution < -0.4 is 20.4 Å². The van der Waals surface area contributed by atoms with E-state index >= 15 is 0 Å². The van der Waals surface area contributed by atoms with Gasteiger partial charge in [-0.05, 0) is 30.7 Å². The minimum absolute atomic E-state index is 0.122. The smallest absolute Gasteiger partial charge is 0.191 e. The van der Waals surface area contributed by atoms with E-state index in [0.717, 1.165) is 24.0 Å². The molecule has 2 aromatic rings. The van der Waals surface area contributed by atoms with Gasteiger partial charge in [0.05, 0.1) is 17.9 Å². The number of aromatic nitrogens is 1. The second-order valence-corrected chi connectivity index (χ2v) is 6.98. The van der Waals surface area contributed by atoms with Gasteiger partial charge in [0.1, 0.15) is 17.5 Å². The van der Waals surface area contributed by atoms with Crippen molar-refractivity contribution in [1.29, 1.82) is 0 Å². The number of aliphatic imine (C=N–C) groups is 1. The van der Waals surface area contributed by atoms with Crippen molar-refractivity contribution in [2.75, 3.05) is 44.0 Å². The van der Waals surface area contributed by atoms with Gasteiger partial charge in [0, 0.05) is 46.3 Å². The number of guanidine groups is 1. The summed E-state index contributed by atoms with van der Waals surface area (Å²) in [7, 11) is 5.62. The van der Waals surface area contributed by atoms with Crippen LogP contribution in [0, 0.1) is 11.6 Å². The molecule has 2 heterocycles. The molecule has 1 atom stereocenters. The van der Waals surface area contributed by atoms with Crippen molar-refractivity contribution in [3.8, 4) is 0 Å². The van der Waals surface area contributed by atoms with Crippen molar-refractivity contribution in [2.24, 2.45) is 4.99 Å². The Balaban J connectivity index is 1.55. The minimum Gasteiger partial charge on any atom is -0.367 e. The molecule has 1 saturated heterocycles. The van der Waals surface area contributed by atoms with Crippen LogP contribution in [0.25, 0.3) is 0 Å². The normalized spacial score (nSPS) is 17.0. The van der Waals surface area contributed by atoms with E-state index in [0.29, 0.717) is 31.3 Å². The molecule has 8 heteroatoms. The van der Waals surface area contributed by atoms with E-state index in [1.165, 1.54) is 12.1 Å². The Bertz CT molecular complexity index is 839. The average molecular weight is 388 g/mol. The number of halogens is 2. The molecule has 3 rings (SSSR count). The summed E-state index contributed by atoms with van der Waals surface area (Å²) in [5, 5.41) is 6.63. The molecule has 1 fully saturated rings. The molecule has 0 bridgehead atoms. The molecule has 150 valence electrons. The third kappa shape index (κ3) is 4.88. The summed E-state index contributed by atoms with van der Waals surface area (Å²) >= 11 is 0. The van der Waals surface area contributed by atoms with E-state index in [-0.39, 0.29) is 6.04 Å². The molecule has 0 saturated carbocycles. The Kier molecular flexibility index (Phi) is 6.28. The number of rotatable bonds is 5. The Hall–Kier alpha value is -2.90. The van der Waals surface area contributed by atoms with Crippen LogP contribution in [0.15, 0.2) is 41.4 Å². The summed E-state index contributed by atoms with van der Waals surface area (Å²) < 4.78 is 27.1. The van der Waals surface area contributed by atoms with Gasteiger partial charge in [-0.25, -0.2) is 13.8 Å². The van der Waals surface area contributed by atoms with Gasteiger partial charge in [0.15, 0.2) is 5.96 Å². The largest absolute Gasteiger partial charge is 0.367 e. The van der Waals surface area contributed by atoms with Crippen LogP contribution in [-0.4, -0.2) is 51.2 Å². The van der Waals surface area contributed by atoms with E-state index in [9.17, 15) is 8.78 Å². The first-order chi connectivity index (χ1) is 13.5. The molecule has 0 radical (unpaired) electrons. The first kappa shape index (κ1) is 19.9. The van der Waals surface area contributed by atoms with Crippen molar-refractivity contribution in [3.63, 3.8) is 0 Å². The van der Waals surface area contributed by atoms with Crippen LogP contribution in [0.5, 0.6) is 0 Å². The second kappa shape index (κ2) is 8.86. The zero-order chi connectivity index (χ0) is 20.1. The summed E-state index contributed by atoms with van der Waals surface area (Å²) in [4.78, 5) is 12.7. The molecule has 1 aliphatic heterocycles. The quantitative estimate of drug-likeness (QED) is 0.608. The number of pyridine rings is 1. The summed E-state index contributed by atoms with van der Waals surface area (Å²) in [6, 6.07) is 9.71. The molecule has 1 aliphatic rings. The molecular weight excluding hydrogens is 362 g/mol. The molecule has 0 amide bonds. The molecule has 0 spiro atoms. The molecular formula is C20H26F2N6. The lowest BCUT2D eigenvalue weighted by Gasteiger charge is -2.21. The SMILES string of the molecule is CN=C(NCc1cccc(N(C)C)n1)NC1CCN(c2ccc(F)cc2F)C1. The molecule has 6 nitrogen and oxygen atoms in total. The fourth-order valence-corrected chi connectivity index (χ4v) is 3.21. The Labute approximate surface area is 164 Å². The highest BCUT2D eigenvalue weighted by atomic mass is 19.1. The lowest BCUT2D eigenvalue weighted by molar-refractivity contribution is 0.580. The summed E-state index contributed by atoms with van der Waals surface area (Å²) in [5.41, 5.74) is 1.34. The topological polar surface area (TPSA) is 55.8 Å². The van der Waals surface area contributed by atoms with E-state index in [4.69, 9.17) is 0 Å². The van der Waals surface area contributed by atoms with Crippen molar-refractivity contribution in [3.05, 3.63) is 53.7 Å². The molecule has 1 unspecified atom stereocenters. The second-order valence-electron chi connectivity index (χ2n) is 6.98. The predicted octanol–water partition coefficient (Wildman–Crippen LogP) is 2.37. The fraction of sp³-hybridized carbons (Fsp3) is 0.400. The number of benzene rings is 1. The van der Waals surface area contributed by atoms with Crippen LogP contribution in [0.1, 0.15) is 12.1 Å². The zero-order valence-corrected chi connectivity index (χ0v) is 16.4. The molecule has 1 aromatic carbocycles. The average Bonchev–Trinajstić information content (AvgIpc) is 3.13. The van der Waals surface area contributed by atoms with E-state index in [2.05, 4.69) is 20.6 Å². The van der Waals surface area contributed by atoms with Gasteiger partial charge >= 0.3 is 0 Å². The highest BCUT2D eigenvalue weighted by Gasteiger charge is 2.25. The number of nitrogens with one attached hydrogen (secondary N) is 2. The number of nitrogens with zero attached hydrogens (tertiary/aromatic N) is 4. The van der Waals surface area contributed by atoms with Crippen molar-refractivity contribution in [1.82, 2.24) is 15.6 Å². The van der Waals surface area contributed by atoms with Crippen molar-refractivity contribution >= 4 is 17.5 Å². The molecule has 0 aliphatic carbocycles. The fourth-order valence-electron chi connectivity index (χ4n) is 3.21. The monoisotopic (exact) mass is 388 g/mol. The Morgan fingerprint density at radius 2 is 2.11 bits per heavy atom. The van der Waals surface area contributed by atoms with Gasteiger partial charge in [0.2, 0.25) is 0 Å². The lowest BCUT2D eigenvalue weighted by Crippen LogP contribution is -2.44. The first-order valence-corrected chi connectivity index (χ1v) is 9.26. The first-order valence-electron chi connectivity index (χ1n) is 9.26. The maximum Gasteiger partial charge on any atom is 0.191 e. The van der Waals surface area contributed by atoms with Crippen LogP contribution in [0.3, 0.4) is 0 Å². The molecule has 2 N–H and O–H groups in total. The van der Waals surface area contributed by atoms with Gasteiger partial charge in [0.25, 0.3) is 0 Å². The van der Waals surface area contributed by atoms with Crippen molar-refractivity contribution in [2.45, 2.75) is 19.0 Å². The van der Waals surface area contributed by atoms with Gasteiger partial charge in [-0.15, -0.1) is 0 Å². The molecule has 1 aromatic heterocycles. The Morgan fingerprint density at radius 1 is 1.29 bits per heavy atom. The molecule has 28 heavy (non-hydrogen) atoms. The van der Waals surface area contributed by atoms with Crippen molar-refractivity contribution < 1.29 is 8.78 Å². The van der Waals surface area contributed by atoms with E-state index in [1.807, 2.05) is 42.1 Å². The van der Waals surface area contributed by atoms with Crippen LogP contribution in [0.4, 0.5) is 20.3 Å².